The molecule has 0 saturated carbocycles. The van der Waals surface area contributed by atoms with Gasteiger partial charge >= 0.3 is 17.9 Å². The smallest absolute Gasteiger partial charge is 0.303 e. The van der Waals surface area contributed by atoms with E-state index in [-0.39, 0.29) is 6.61 Å². The maximum Gasteiger partial charge on any atom is 0.303 e. The van der Waals surface area contributed by atoms with Gasteiger partial charge in [-0.15, -0.1) is 11.6 Å². The van der Waals surface area contributed by atoms with E-state index in [4.69, 9.17) is 30.5 Å². The molecule has 0 radical (unpaired) electrons. The second-order valence-electron chi connectivity index (χ2n) is 4.46. The van der Waals surface area contributed by atoms with Crippen molar-refractivity contribution >= 4 is 29.5 Å². The van der Waals surface area contributed by atoms with E-state index in [9.17, 15) is 19.5 Å². The van der Waals surface area contributed by atoms with Crippen molar-refractivity contribution in [1.82, 2.24) is 0 Å². The molecule has 0 spiro atoms. The van der Waals surface area contributed by atoms with Crippen LogP contribution in [0.15, 0.2) is 0 Å². The van der Waals surface area contributed by atoms with Gasteiger partial charge in [0.1, 0.15) is 18.1 Å². The van der Waals surface area contributed by atoms with Crippen molar-refractivity contribution in [2.75, 3.05) is 6.61 Å². The molecule has 21 heavy (non-hydrogen) atoms. The van der Waals surface area contributed by atoms with Crippen LogP contribution in [0.25, 0.3) is 0 Å². The Labute approximate surface area is 126 Å². The van der Waals surface area contributed by atoms with Crippen LogP contribution < -0.4 is 0 Å². The van der Waals surface area contributed by atoms with Crippen LogP contribution in [0.3, 0.4) is 0 Å². The fourth-order valence-corrected chi connectivity index (χ4v) is 2.25. The molecule has 1 N–H and O–H groups in total. The van der Waals surface area contributed by atoms with E-state index in [1.54, 1.807) is 0 Å². The van der Waals surface area contributed by atoms with Crippen LogP contribution in [-0.2, 0) is 33.3 Å². The van der Waals surface area contributed by atoms with Gasteiger partial charge in [-0.3, -0.25) is 14.4 Å². The van der Waals surface area contributed by atoms with E-state index >= 15 is 0 Å². The number of halogens is 1. The van der Waals surface area contributed by atoms with E-state index in [2.05, 4.69) is 0 Å². The van der Waals surface area contributed by atoms with Crippen LogP contribution in [-0.4, -0.2) is 59.6 Å². The first-order valence-corrected chi connectivity index (χ1v) is 6.61. The summed E-state index contributed by atoms with van der Waals surface area (Å²) in [7, 11) is 0. The minimum atomic E-state index is -1.52. The summed E-state index contributed by atoms with van der Waals surface area (Å²) in [6, 6.07) is 0. The molecule has 5 atom stereocenters. The van der Waals surface area contributed by atoms with Crippen LogP contribution in [0.4, 0.5) is 0 Å². The third kappa shape index (κ3) is 5.14. The first-order valence-electron chi connectivity index (χ1n) is 6.17. The molecule has 0 aromatic carbocycles. The summed E-state index contributed by atoms with van der Waals surface area (Å²) in [5.74, 6) is -1.88. The molecule has 8 nitrogen and oxygen atoms in total. The van der Waals surface area contributed by atoms with Gasteiger partial charge in [-0.25, -0.2) is 0 Å². The predicted octanol–water partition coefficient (Wildman–Crippen LogP) is -0.263. The summed E-state index contributed by atoms with van der Waals surface area (Å²) in [4.78, 5) is 33.0. The normalized spacial score (nSPS) is 32.1. The molecule has 0 bridgehead atoms. The number of alkyl halides is 1. The van der Waals surface area contributed by atoms with Crippen molar-refractivity contribution in [1.29, 1.82) is 0 Å². The standard InChI is InChI=1S/C12H17ClO8/c1-5(14)18-4-8-10(19-6(2)15)9(13)11(12(17)21-8)20-7(3)16/h8-12,17H,4H2,1-3H3/t8-,9-,10-,11+,12-/m1/s1. The lowest BCUT2D eigenvalue weighted by atomic mass is 10.0. The fourth-order valence-electron chi connectivity index (χ4n) is 1.86. The SMILES string of the molecule is CC(=O)OC[C@H]1O[C@@H](O)[C@@H](OC(C)=O)[C@H](Cl)[C@@H]1OC(C)=O. The Balaban J connectivity index is 2.86. The quantitative estimate of drug-likeness (QED) is 0.428. The van der Waals surface area contributed by atoms with Crippen LogP contribution in [0.5, 0.6) is 0 Å². The summed E-state index contributed by atoms with van der Waals surface area (Å²) < 4.78 is 19.8. The molecule has 1 heterocycles. The maximum atomic E-state index is 11.1. The number of hydrogen-bond donors (Lipinski definition) is 1. The van der Waals surface area contributed by atoms with Gasteiger partial charge in [0.25, 0.3) is 0 Å². The second-order valence-corrected chi connectivity index (χ2v) is 4.96. The number of aliphatic hydroxyl groups excluding tert-OH is 1. The van der Waals surface area contributed by atoms with Crippen molar-refractivity contribution in [2.24, 2.45) is 0 Å². The number of ether oxygens (including phenoxy) is 4. The van der Waals surface area contributed by atoms with Crippen molar-refractivity contribution in [3.63, 3.8) is 0 Å². The lowest BCUT2D eigenvalue weighted by molar-refractivity contribution is -0.260. The third-order valence-corrected chi connectivity index (χ3v) is 3.14. The highest BCUT2D eigenvalue weighted by atomic mass is 35.5. The second kappa shape index (κ2) is 7.58. The van der Waals surface area contributed by atoms with Crippen molar-refractivity contribution < 1.29 is 38.4 Å². The number of carbonyl (C=O) groups excluding carboxylic acids is 3. The molecule has 0 amide bonds. The molecule has 0 aliphatic carbocycles. The molecule has 1 rings (SSSR count). The Morgan fingerprint density at radius 1 is 1.05 bits per heavy atom. The van der Waals surface area contributed by atoms with Gasteiger partial charge in [-0.2, -0.15) is 0 Å². The van der Waals surface area contributed by atoms with Crippen LogP contribution in [0.2, 0.25) is 0 Å². The van der Waals surface area contributed by atoms with Gasteiger partial charge in [-0.05, 0) is 0 Å². The molecule has 0 aromatic heterocycles. The van der Waals surface area contributed by atoms with E-state index in [1.807, 2.05) is 0 Å². The van der Waals surface area contributed by atoms with E-state index < -0.39 is 47.9 Å². The first kappa shape index (κ1) is 17.7. The molecule has 9 heteroatoms. The number of carbonyl (C=O) groups is 3. The molecule has 0 unspecified atom stereocenters. The van der Waals surface area contributed by atoms with Gasteiger partial charge in [-0.1, -0.05) is 0 Å². The molecular formula is C12H17ClO8. The number of aliphatic hydroxyl groups is 1. The minimum Gasteiger partial charge on any atom is -0.463 e. The molecule has 1 fully saturated rings. The van der Waals surface area contributed by atoms with Crippen molar-refractivity contribution in [3.8, 4) is 0 Å². The van der Waals surface area contributed by atoms with Crippen LogP contribution in [0, 0.1) is 0 Å². The zero-order valence-electron chi connectivity index (χ0n) is 11.8. The topological polar surface area (TPSA) is 108 Å². The highest BCUT2D eigenvalue weighted by Gasteiger charge is 2.48. The Bertz CT molecular complexity index is 410. The Hall–Kier alpha value is -1.38. The predicted molar refractivity (Wildman–Crippen MR) is 68.3 cm³/mol. The van der Waals surface area contributed by atoms with Crippen LogP contribution in [0.1, 0.15) is 20.8 Å². The third-order valence-electron chi connectivity index (χ3n) is 2.64. The van der Waals surface area contributed by atoms with Crippen LogP contribution >= 0.6 is 11.6 Å². The highest BCUT2D eigenvalue weighted by molar-refractivity contribution is 6.21. The molecule has 1 aliphatic rings. The molecule has 120 valence electrons. The number of rotatable bonds is 4. The maximum absolute atomic E-state index is 11.1. The first-order chi connectivity index (χ1) is 9.72. The lowest BCUT2D eigenvalue weighted by Gasteiger charge is -2.40. The van der Waals surface area contributed by atoms with Crippen molar-refractivity contribution in [3.05, 3.63) is 0 Å². The summed E-state index contributed by atoms with van der Waals surface area (Å²) >= 11 is 6.11. The summed E-state index contributed by atoms with van der Waals surface area (Å²) in [6.45, 7) is 3.24. The van der Waals surface area contributed by atoms with E-state index in [1.165, 1.54) is 13.8 Å². The fraction of sp³-hybridized carbons (Fsp3) is 0.750. The van der Waals surface area contributed by atoms with Gasteiger partial charge in [0.15, 0.2) is 18.5 Å². The monoisotopic (exact) mass is 324 g/mol. The van der Waals surface area contributed by atoms with Crippen molar-refractivity contribution in [2.45, 2.75) is 50.8 Å². The lowest BCUT2D eigenvalue weighted by Crippen LogP contribution is -2.59. The van der Waals surface area contributed by atoms with E-state index in [0.717, 1.165) is 6.92 Å². The van der Waals surface area contributed by atoms with E-state index in [0.29, 0.717) is 0 Å². The number of esters is 3. The van der Waals surface area contributed by atoms with Gasteiger partial charge < -0.3 is 24.1 Å². The highest BCUT2D eigenvalue weighted by Crippen LogP contribution is 2.29. The molecule has 1 aliphatic heterocycles. The zero-order chi connectivity index (χ0) is 16.2. The Kier molecular flexibility index (Phi) is 6.38. The Morgan fingerprint density at radius 3 is 2.05 bits per heavy atom. The molecular weight excluding hydrogens is 308 g/mol. The average molecular weight is 325 g/mol. The van der Waals surface area contributed by atoms with Gasteiger partial charge in [0.05, 0.1) is 0 Å². The number of hydrogen-bond acceptors (Lipinski definition) is 8. The summed E-state index contributed by atoms with van der Waals surface area (Å²) in [6.07, 6.45) is -4.75. The molecule has 1 saturated heterocycles. The minimum absolute atomic E-state index is 0.264. The van der Waals surface area contributed by atoms with Gasteiger partial charge in [0, 0.05) is 20.8 Å². The molecule has 0 aromatic rings. The van der Waals surface area contributed by atoms with Gasteiger partial charge in [0.2, 0.25) is 0 Å². The largest absolute Gasteiger partial charge is 0.463 e. The average Bonchev–Trinajstić information content (AvgIpc) is 2.35. The zero-order valence-corrected chi connectivity index (χ0v) is 12.5. The Morgan fingerprint density at radius 2 is 1.57 bits per heavy atom. The summed E-state index contributed by atoms with van der Waals surface area (Å²) in [5.41, 5.74) is 0. The summed E-state index contributed by atoms with van der Waals surface area (Å²) in [5, 5.41) is 8.76.